The topological polar surface area (TPSA) is 46.8 Å². The largest absolute Gasteiger partial charge is 0.497 e. The zero-order valence-corrected chi connectivity index (χ0v) is 21.4. The third kappa shape index (κ3) is 4.76. The molecule has 1 aliphatic rings. The molecule has 0 saturated carbocycles. The Hall–Kier alpha value is -3.36. The van der Waals surface area contributed by atoms with Gasteiger partial charge in [0.2, 0.25) is 0 Å². The summed E-state index contributed by atoms with van der Waals surface area (Å²) in [5.74, 6) is 0.386. The number of likely N-dealkylation sites (N-methyl/N-ethyl adjacent to an activating group) is 1. The first-order valence-electron chi connectivity index (χ1n) is 10.8. The number of aliphatic imine (C=N–C) groups is 1. The van der Waals surface area contributed by atoms with Crippen molar-refractivity contribution in [3.8, 4) is 5.75 Å². The lowest BCUT2D eigenvalue weighted by molar-refractivity contribution is -0.121. The van der Waals surface area contributed by atoms with Crippen molar-refractivity contribution in [3.05, 3.63) is 99.2 Å². The second-order valence-corrected chi connectivity index (χ2v) is 9.96. The third-order valence-electron chi connectivity index (χ3n) is 5.76. The first-order chi connectivity index (χ1) is 16.9. The van der Waals surface area contributed by atoms with Crippen LogP contribution in [0.2, 0.25) is 0 Å². The maximum absolute atomic E-state index is 14.3. The van der Waals surface area contributed by atoms with Crippen molar-refractivity contribution >= 4 is 61.4 Å². The summed E-state index contributed by atoms with van der Waals surface area (Å²) in [5.41, 5.74) is 3.18. The summed E-state index contributed by atoms with van der Waals surface area (Å²) in [6, 6.07) is 20.1. The smallest absolute Gasteiger partial charge is 0.266 e. The van der Waals surface area contributed by atoms with Crippen LogP contribution in [0.15, 0.2) is 87.3 Å². The van der Waals surface area contributed by atoms with Gasteiger partial charge in [-0.3, -0.25) is 9.69 Å². The number of carbonyl (C=O) groups excluding carboxylic acids is 1. The van der Waals surface area contributed by atoms with Crippen LogP contribution in [0.5, 0.6) is 5.75 Å². The molecule has 1 aliphatic heterocycles. The van der Waals surface area contributed by atoms with Gasteiger partial charge in [-0.25, -0.2) is 9.38 Å². The van der Waals surface area contributed by atoms with E-state index < -0.39 is 0 Å². The molecule has 5 nitrogen and oxygen atoms in total. The summed E-state index contributed by atoms with van der Waals surface area (Å²) in [4.78, 5) is 19.8. The number of nitrogens with zero attached hydrogens (tertiary/aromatic N) is 3. The Labute approximate surface area is 215 Å². The molecule has 1 aromatic heterocycles. The molecule has 35 heavy (non-hydrogen) atoms. The maximum Gasteiger partial charge on any atom is 0.266 e. The fourth-order valence-electron chi connectivity index (χ4n) is 3.91. The molecule has 0 atom stereocenters. The lowest BCUT2D eigenvalue weighted by Gasteiger charge is -2.07. The predicted octanol–water partition coefficient (Wildman–Crippen LogP) is 6.83. The average molecular weight is 550 g/mol. The van der Waals surface area contributed by atoms with Gasteiger partial charge in [-0.15, -0.1) is 0 Å². The van der Waals surface area contributed by atoms with Gasteiger partial charge in [0.15, 0.2) is 5.17 Å². The fourth-order valence-corrected chi connectivity index (χ4v) is 5.25. The minimum Gasteiger partial charge on any atom is -0.497 e. The molecule has 176 valence electrons. The summed E-state index contributed by atoms with van der Waals surface area (Å²) in [5, 5.41) is 1.57. The van der Waals surface area contributed by atoms with Crippen molar-refractivity contribution in [2.75, 3.05) is 14.2 Å². The fraction of sp³-hybridized carbons (Fsp3) is 0.111. The second-order valence-electron chi connectivity index (χ2n) is 8.03. The monoisotopic (exact) mass is 549 g/mol. The Balaban J connectivity index is 1.51. The van der Waals surface area contributed by atoms with Crippen LogP contribution in [-0.4, -0.2) is 34.7 Å². The first-order valence-corrected chi connectivity index (χ1v) is 12.5. The molecular formula is C27H21BrFN3O2S. The van der Waals surface area contributed by atoms with E-state index in [9.17, 15) is 9.18 Å². The number of halogens is 2. The number of amidine groups is 1. The number of hydrogen-bond donors (Lipinski definition) is 0. The number of methoxy groups -OCH3 is 1. The second kappa shape index (κ2) is 9.71. The van der Waals surface area contributed by atoms with E-state index in [0.29, 0.717) is 22.2 Å². The van der Waals surface area contributed by atoms with Gasteiger partial charge in [-0.1, -0.05) is 34.1 Å². The molecule has 2 heterocycles. The lowest BCUT2D eigenvalue weighted by atomic mass is 10.1. The molecule has 5 rings (SSSR count). The van der Waals surface area contributed by atoms with Crippen molar-refractivity contribution in [2.24, 2.45) is 4.99 Å². The van der Waals surface area contributed by atoms with E-state index in [4.69, 9.17) is 4.74 Å². The van der Waals surface area contributed by atoms with Crippen molar-refractivity contribution in [1.29, 1.82) is 0 Å². The van der Waals surface area contributed by atoms with Crippen molar-refractivity contribution in [3.63, 3.8) is 0 Å². The number of hydrogen-bond acceptors (Lipinski definition) is 4. The van der Waals surface area contributed by atoms with E-state index in [1.807, 2.05) is 65.4 Å². The number of carbonyl (C=O) groups is 1. The van der Waals surface area contributed by atoms with E-state index >= 15 is 0 Å². The number of thioether (sulfide) groups is 1. The molecule has 0 radical (unpaired) electrons. The van der Waals surface area contributed by atoms with E-state index in [-0.39, 0.29) is 11.7 Å². The van der Waals surface area contributed by atoms with Crippen LogP contribution in [0, 0.1) is 5.82 Å². The maximum atomic E-state index is 14.3. The van der Waals surface area contributed by atoms with Crippen LogP contribution in [0.4, 0.5) is 10.1 Å². The summed E-state index contributed by atoms with van der Waals surface area (Å²) in [7, 11) is 3.33. The zero-order chi connectivity index (χ0) is 24.5. The highest BCUT2D eigenvalue weighted by Crippen LogP contribution is 2.36. The summed E-state index contributed by atoms with van der Waals surface area (Å²) in [6.07, 6.45) is 3.84. The standard InChI is InChI=1S/C27H21BrFN3O2S/c1-31-26(33)25(35-27(31)30-20-8-10-21(34-2)11-9-20)13-18-16-32(15-17-5-3-4-6-23(17)29)24-12-7-19(28)14-22(18)24/h3-14,16H,15H2,1-2H3/b25-13-,30-27?. The normalized spacial score (nSPS) is 16.1. The van der Waals surface area contributed by atoms with Gasteiger partial charge in [0, 0.05) is 39.7 Å². The summed E-state index contributed by atoms with van der Waals surface area (Å²) >= 11 is 4.88. The Morgan fingerprint density at radius 1 is 1.11 bits per heavy atom. The Morgan fingerprint density at radius 2 is 1.89 bits per heavy atom. The molecule has 0 aliphatic carbocycles. The van der Waals surface area contributed by atoms with Crippen LogP contribution in [-0.2, 0) is 11.3 Å². The van der Waals surface area contributed by atoms with E-state index in [1.54, 1.807) is 31.2 Å². The molecule has 3 aromatic carbocycles. The highest BCUT2D eigenvalue weighted by molar-refractivity contribution is 9.10. The van der Waals surface area contributed by atoms with Gasteiger partial charge in [0.1, 0.15) is 11.6 Å². The summed E-state index contributed by atoms with van der Waals surface area (Å²) < 4.78 is 22.5. The van der Waals surface area contributed by atoms with Gasteiger partial charge in [0.05, 0.1) is 24.2 Å². The Bertz CT molecular complexity index is 1490. The van der Waals surface area contributed by atoms with Crippen LogP contribution in [0.25, 0.3) is 17.0 Å². The molecule has 0 unspecified atom stereocenters. The van der Waals surface area contributed by atoms with Gasteiger partial charge < -0.3 is 9.30 Å². The van der Waals surface area contributed by atoms with Gasteiger partial charge in [-0.2, -0.15) is 0 Å². The van der Waals surface area contributed by atoms with E-state index in [0.717, 1.165) is 32.4 Å². The van der Waals surface area contributed by atoms with E-state index in [2.05, 4.69) is 20.9 Å². The van der Waals surface area contributed by atoms with Crippen molar-refractivity contribution in [1.82, 2.24) is 9.47 Å². The van der Waals surface area contributed by atoms with Crippen molar-refractivity contribution in [2.45, 2.75) is 6.54 Å². The molecule has 0 N–H and O–H groups in total. The molecule has 8 heteroatoms. The number of ether oxygens (including phenoxy) is 1. The molecule has 0 bridgehead atoms. The quantitative estimate of drug-likeness (QED) is 0.256. The highest BCUT2D eigenvalue weighted by atomic mass is 79.9. The first kappa shape index (κ1) is 23.4. The number of aromatic nitrogens is 1. The molecule has 1 fully saturated rings. The van der Waals surface area contributed by atoms with Crippen molar-refractivity contribution < 1.29 is 13.9 Å². The molecule has 4 aromatic rings. The van der Waals surface area contributed by atoms with Gasteiger partial charge in [0.25, 0.3) is 5.91 Å². The van der Waals surface area contributed by atoms with E-state index in [1.165, 1.54) is 17.8 Å². The number of rotatable bonds is 5. The van der Waals surface area contributed by atoms with Crippen LogP contribution < -0.4 is 4.74 Å². The molecular weight excluding hydrogens is 529 g/mol. The lowest BCUT2D eigenvalue weighted by Crippen LogP contribution is -2.23. The number of benzene rings is 3. The molecule has 1 saturated heterocycles. The number of fused-ring (bicyclic) bond motifs is 1. The van der Waals surface area contributed by atoms with Gasteiger partial charge >= 0.3 is 0 Å². The molecule has 1 amide bonds. The minimum absolute atomic E-state index is 0.118. The predicted molar refractivity (Wildman–Crippen MR) is 144 cm³/mol. The van der Waals surface area contributed by atoms with Crippen LogP contribution in [0.3, 0.4) is 0 Å². The Morgan fingerprint density at radius 3 is 2.63 bits per heavy atom. The SMILES string of the molecule is COc1ccc(N=C2S/C(=C\c3cn(Cc4ccccc4F)c4ccc(Br)cc34)C(=O)N2C)cc1. The van der Waals surface area contributed by atoms with Gasteiger partial charge in [-0.05, 0) is 66.4 Å². The summed E-state index contributed by atoms with van der Waals surface area (Å²) in [6.45, 7) is 0.388. The average Bonchev–Trinajstić information content (AvgIpc) is 3.32. The Kier molecular flexibility index (Phi) is 6.49. The van der Waals surface area contributed by atoms with Crippen LogP contribution in [0.1, 0.15) is 11.1 Å². The minimum atomic E-state index is -0.242. The third-order valence-corrected chi connectivity index (χ3v) is 7.31. The van der Waals surface area contributed by atoms with Crippen LogP contribution >= 0.6 is 27.7 Å². The zero-order valence-electron chi connectivity index (χ0n) is 19.0. The number of amides is 1. The molecule has 0 spiro atoms. The highest BCUT2D eigenvalue weighted by Gasteiger charge is 2.30.